The quantitative estimate of drug-likeness (QED) is 0.171. The van der Waals surface area contributed by atoms with Crippen LogP contribution in [0.2, 0.25) is 0 Å². The summed E-state index contributed by atoms with van der Waals surface area (Å²) < 4.78 is 39.4. The maximum atomic E-state index is 14.6. The maximum absolute atomic E-state index is 14.6. The van der Waals surface area contributed by atoms with Crippen LogP contribution in [0.4, 0.5) is 8.78 Å². The summed E-state index contributed by atoms with van der Waals surface area (Å²) in [5.74, 6) is -0.528. The van der Waals surface area contributed by atoms with Gasteiger partial charge in [-0.3, -0.25) is 0 Å². The van der Waals surface area contributed by atoms with Crippen LogP contribution in [0, 0.1) is 11.6 Å². The SMILES string of the molecule is Cl.Cl.[CH2]=[Zr]([C]1=CC=CC1)([C]1=C(C)c2cc3c(cc2C1(C)C)Cc1cc2c(cc1-3)C(C)=CC2(C)C)([c]1ccc(F)cc1)[c]1ccc(F)cc1. The summed E-state index contributed by atoms with van der Waals surface area (Å²) >= 11 is -5.06. The zero-order chi connectivity index (χ0) is 32.4. The van der Waals surface area contributed by atoms with Crippen LogP contribution in [0.5, 0.6) is 0 Å². The summed E-state index contributed by atoms with van der Waals surface area (Å²) in [5.41, 5.74) is 13.2. The van der Waals surface area contributed by atoms with Crippen molar-refractivity contribution in [1.82, 2.24) is 0 Å². The number of fused-ring (bicyclic) bond motifs is 5. The Hall–Kier alpha value is -2.97. The Morgan fingerprint density at radius 3 is 1.73 bits per heavy atom. The molecule has 0 aliphatic heterocycles. The van der Waals surface area contributed by atoms with Gasteiger partial charge < -0.3 is 0 Å². The van der Waals surface area contributed by atoms with E-state index >= 15 is 0 Å². The number of hydrogen-bond acceptors (Lipinski definition) is 0. The van der Waals surface area contributed by atoms with Crippen LogP contribution in [-0.2, 0) is 35.5 Å². The molecule has 4 aliphatic rings. The minimum atomic E-state index is -5.06. The molecule has 0 saturated carbocycles. The Labute approximate surface area is 296 Å². The van der Waals surface area contributed by atoms with E-state index in [9.17, 15) is 8.78 Å². The number of allylic oxidation sites excluding steroid dienone is 8. The van der Waals surface area contributed by atoms with E-state index in [-0.39, 0.29) is 47.3 Å². The Kier molecular flexibility index (Phi) is 8.19. The van der Waals surface area contributed by atoms with Crippen molar-refractivity contribution in [2.45, 2.75) is 65.2 Å². The van der Waals surface area contributed by atoms with Crippen molar-refractivity contribution in [3.63, 3.8) is 0 Å². The third-order valence-electron chi connectivity index (χ3n) is 11.9. The summed E-state index contributed by atoms with van der Waals surface area (Å²) in [6.45, 7) is 13.8. The standard InChI is InChI=1S/C25H25.2C6H4F.C5H5.CH2.2ClH.Zr/c1-14-12-24(3,4)22-8-16-7-17-9-23-19(15(2)13-25(23,5)6)11-21(17)20(16)10-18(14)22;2*7-6-4-2-1-3-5-6;1-2-4-5-3-1;;;;/h8-12H,7H2,1-6H3;2*2-5H;1-3H,4H2;1H2;2*1H;. The van der Waals surface area contributed by atoms with Crippen molar-refractivity contribution in [3.05, 3.63) is 149 Å². The predicted molar refractivity (Wildman–Crippen MR) is 203 cm³/mol. The molecule has 0 unspecified atom stereocenters. The zero-order valence-electron chi connectivity index (χ0n) is 28.4. The minimum absolute atomic E-state index is 0. The summed E-state index contributed by atoms with van der Waals surface area (Å²) in [7, 11) is 0. The Balaban J connectivity index is 0.00000201. The Morgan fingerprint density at radius 2 is 1.21 bits per heavy atom. The monoisotopic (exact) mass is 756 g/mol. The molecule has 4 aliphatic carbocycles. The molecule has 0 amide bonds. The molecule has 4 aromatic rings. The molecule has 0 aromatic heterocycles. The third kappa shape index (κ3) is 4.43. The van der Waals surface area contributed by atoms with Gasteiger partial charge in [0.05, 0.1) is 0 Å². The van der Waals surface area contributed by atoms with E-state index in [1.54, 1.807) is 24.3 Å². The van der Waals surface area contributed by atoms with Gasteiger partial charge in [0.25, 0.3) is 0 Å². The molecular weight excluding hydrogens is 717 g/mol. The van der Waals surface area contributed by atoms with Crippen LogP contribution in [0.1, 0.15) is 81.3 Å². The third-order valence-corrected chi connectivity index (χ3v) is 29.4. The fourth-order valence-electron chi connectivity index (χ4n) is 9.99. The fraction of sp³-hybridized carbons (Fsp3) is 0.233. The zero-order valence-corrected chi connectivity index (χ0v) is 32.5. The molecule has 5 heteroatoms. The molecule has 0 radical (unpaired) electrons. The van der Waals surface area contributed by atoms with E-state index in [0.29, 0.717) is 0 Å². The first-order valence-electron chi connectivity index (χ1n) is 16.4. The van der Waals surface area contributed by atoms with E-state index in [1.165, 1.54) is 62.2 Å². The molecule has 4 aromatic carbocycles. The molecule has 0 spiro atoms. The van der Waals surface area contributed by atoms with Crippen LogP contribution >= 0.6 is 24.8 Å². The van der Waals surface area contributed by atoms with Crippen molar-refractivity contribution in [3.8, 4) is 11.1 Å². The van der Waals surface area contributed by atoms with E-state index in [4.69, 9.17) is 4.21 Å². The topological polar surface area (TPSA) is 0 Å². The van der Waals surface area contributed by atoms with E-state index in [1.807, 2.05) is 24.3 Å². The van der Waals surface area contributed by atoms with Crippen LogP contribution in [0.3, 0.4) is 0 Å². The fourth-order valence-corrected chi connectivity index (χ4v) is 27.9. The van der Waals surface area contributed by atoms with Crippen molar-refractivity contribution in [1.29, 1.82) is 0 Å². The molecule has 0 fully saturated rings. The predicted octanol–water partition coefficient (Wildman–Crippen LogP) is 10.7. The van der Waals surface area contributed by atoms with Gasteiger partial charge in [-0.25, -0.2) is 0 Å². The van der Waals surface area contributed by atoms with Gasteiger partial charge in [0.15, 0.2) is 0 Å². The molecule has 246 valence electrons. The van der Waals surface area contributed by atoms with E-state index < -0.39 is 18.3 Å². The number of rotatable bonds is 4. The van der Waals surface area contributed by atoms with Crippen LogP contribution < -0.4 is 6.54 Å². The molecule has 0 atom stereocenters. The van der Waals surface area contributed by atoms with Crippen molar-refractivity contribution >= 4 is 46.7 Å². The molecule has 0 heterocycles. The second-order valence-electron chi connectivity index (χ2n) is 15.3. The first-order chi connectivity index (χ1) is 21.7. The first-order valence-corrected chi connectivity index (χ1v) is 23.1. The summed E-state index contributed by atoms with van der Waals surface area (Å²) in [4.78, 5) is 0. The van der Waals surface area contributed by atoms with Gasteiger partial charge in [-0.15, -0.1) is 24.8 Å². The van der Waals surface area contributed by atoms with Crippen molar-refractivity contribution in [2.24, 2.45) is 0 Å². The van der Waals surface area contributed by atoms with Gasteiger partial charge in [-0.2, -0.15) is 0 Å². The van der Waals surface area contributed by atoms with Crippen molar-refractivity contribution in [2.75, 3.05) is 0 Å². The summed E-state index contributed by atoms with van der Waals surface area (Å²) in [6.07, 6.45) is 10.7. The van der Waals surface area contributed by atoms with Gasteiger partial charge >= 0.3 is 274 Å². The Morgan fingerprint density at radius 1 is 0.688 bits per heavy atom. The Bertz CT molecular complexity index is 2180. The average Bonchev–Trinajstić information content (AvgIpc) is 3.76. The van der Waals surface area contributed by atoms with Crippen LogP contribution in [-0.4, -0.2) is 4.21 Å². The summed E-state index contributed by atoms with van der Waals surface area (Å²) in [5, 5.41) is 0. The van der Waals surface area contributed by atoms with E-state index in [2.05, 4.69) is 90.1 Å². The second kappa shape index (κ2) is 11.3. The second-order valence-corrected chi connectivity index (χ2v) is 28.1. The molecule has 0 nitrogen and oxygen atoms in total. The molecular formula is C43H42Cl2F2Zr. The number of hydrogen-bond donors (Lipinski definition) is 0. The van der Waals surface area contributed by atoms with Crippen molar-refractivity contribution < 1.29 is 27.1 Å². The van der Waals surface area contributed by atoms with Gasteiger partial charge in [-0.05, 0) is 0 Å². The van der Waals surface area contributed by atoms with Gasteiger partial charge in [-0.1, -0.05) is 0 Å². The van der Waals surface area contributed by atoms with Crippen LogP contribution in [0.25, 0.3) is 22.3 Å². The number of halogens is 4. The first kappa shape index (κ1) is 34.9. The average molecular weight is 759 g/mol. The van der Waals surface area contributed by atoms with Gasteiger partial charge in [0, 0.05) is 0 Å². The molecule has 0 N–H and O–H groups in total. The summed E-state index contributed by atoms with van der Waals surface area (Å²) in [6, 6.07) is 24.0. The van der Waals surface area contributed by atoms with Gasteiger partial charge in [0.2, 0.25) is 0 Å². The van der Waals surface area contributed by atoms with E-state index in [0.717, 1.165) is 19.4 Å². The molecule has 0 saturated heterocycles. The molecule has 0 bridgehead atoms. The number of benzene rings is 4. The van der Waals surface area contributed by atoms with Gasteiger partial charge in [0.1, 0.15) is 0 Å². The van der Waals surface area contributed by atoms with Crippen LogP contribution in [0.15, 0.2) is 104 Å². The normalized spacial score (nSPS) is 17.9. The molecule has 8 rings (SSSR count). The molecule has 48 heavy (non-hydrogen) atoms.